The van der Waals surface area contributed by atoms with Crippen LogP contribution in [-0.2, 0) is 4.74 Å². The van der Waals surface area contributed by atoms with E-state index < -0.39 is 17.8 Å². The van der Waals surface area contributed by atoms with Gasteiger partial charge in [-0.1, -0.05) is 34.3 Å². The summed E-state index contributed by atoms with van der Waals surface area (Å²) in [6, 6.07) is -0.244. The predicted octanol–water partition coefficient (Wildman–Crippen LogP) is 3.18. The summed E-state index contributed by atoms with van der Waals surface area (Å²) in [6.07, 6.45) is 1.13. The Morgan fingerprint density at radius 3 is 2.22 bits per heavy atom. The van der Waals surface area contributed by atoms with Crippen molar-refractivity contribution in [2.24, 2.45) is 17.8 Å². The van der Waals surface area contributed by atoms with Crippen molar-refractivity contribution in [3.05, 3.63) is 12.3 Å². The monoisotopic (exact) mass is 385 g/mol. The standard InChI is InChI=1S/C22H43NO4/c1-9-20-22(7,26)21(25)17(5)23(8)13-15(3)12-19(24)11-14(2)10-16(4)18(6)27-20/h14-17,19-21,24-26H,6,9-13H2,1-5,7-8H3/t14-,15+,16+,17+,19-,20+,21+,22+/m0/s1. The van der Waals surface area contributed by atoms with Crippen LogP contribution in [-0.4, -0.2) is 63.8 Å². The molecule has 160 valence electrons. The van der Waals surface area contributed by atoms with Gasteiger partial charge in [0.15, 0.2) is 0 Å². The molecule has 27 heavy (non-hydrogen) atoms. The number of aliphatic hydroxyl groups excluding tert-OH is 2. The summed E-state index contributed by atoms with van der Waals surface area (Å²) >= 11 is 0. The van der Waals surface area contributed by atoms with E-state index in [1.807, 2.05) is 20.9 Å². The summed E-state index contributed by atoms with van der Waals surface area (Å²) in [7, 11) is 1.95. The average Bonchev–Trinajstić information content (AvgIpc) is 2.56. The third-order valence-electron chi connectivity index (χ3n) is 6.32. The quantitative estimate of drug-likeness (QED) is 0.646. The maximum absolute atomic E-state index is 11.1. The lowest BCUT2D eigenvalue weighted by Gasteiger charge is -2.42. The second-order valence-corrected chi connectivity index (χ2v) is 9.30. The molecule has 0 unspecified atom stereocenters. The molecule has 0 aromatic rings. The lowest BCUT2D eigenvalue weighted by molar-refractivity contribution is -0.162. The Balaban J connectivity index is 3.12. The van der Waals surface area contributed by atoms with Gasteiger partial charge in [0.2, 0.25) is 0 Å². The smallest absolute Gasteiger partial charge is 0.129 e. The van der Waals surface area contributed by atoms with Crippen LogP contribution in [0.15, 0.2) is 12.3 Å². The van der Waals surface area contributed by atoms with Crippen LogP contribution in [0.4, 0.5) is 0 Å². The van der Waals surface area contributed by atoms with Gasteiger partial charge in [-0.15, -0.1) is 0 Å². The lowest BCUT2D eigenvalue weighted by Crippen LogP contribution is -2.58. The fourth-order valence-corrected chi connectivity index (χ4v) is 4.42. The molecule has 1 aliphatic rings. The van der Waals surface area contributed by atoms with Gasteiger partial charge in [0.25, 0.3) is 0 Å². The van der Waals surface area contributed by atoms with Gasteiger partial charge in [0.1, 0.15) is 17.8 Å². The van der Waals surface area contributed by atoms with E-state index in [0.29, 0.717) is 24.0 Å². The Labute approximate surface area is 166 Å². The summed E-state index contributed by atoms with van der Waals surface area (Å²) in [6.45, 7) is 16.7. The van der Waals surface area contributed by atoms with Crippen molar-refractivity contribution in [1.29, 1.82) is 0 Å². The van der Waals surface area contributed by atoms with Crippen LogP contribution in [0, 0.1) is 17.8 Å². The van der Waals surface area contributed by atoms with E-state index in [1.54, 1.807) is 6.92 Å². The molecule has 0 radical (unpaired) electrons. The topological polar surface area (TPSA) is 73.2 Å². The van der Waals surface area contributed by atoms with Crippen molar-refractivity contribution in [2.45, 2.75) is 97.2 Å². The van der Waals surface area contributed by atoms with Crippen LogP contribution in [0.2, 0.25) is 0 Å². The summed E-state index contributed by atoms with van der Waals surface area (Å²) < 4.78 is 6.07. The second-order valence-electron chi connectivity index (χ2n) is 9.30. The van der Waals surface area contributed by atoms with Crippen molar-refractivity contribution in [1.82, 2.24) is 4.90 Å². The number of allylic oxidation sites excluding steroid dienone is 1. The van der Waals surface area contributed by atoms with Gasteiger partial charge in [0.05, 0.1) is 11.9 Å². The highest BCUT2D eigenvalue weighted by molar-refractivity contribution is 4.99. The van der Waals surface area contributed by atoms with Gasteiger partial charge in [0, 0.05) is 18.5 Å². The van der Waals surface area contributed by atoms with Gasteiger partial charge >= 0.3 is 0 Å². The maximum atomic E-state index is 11.1. The number of hydrogen-bond donors (Lipinski definition) is 3. The van der Waals surface area contributed by atoms with Crippen molar-refractivity contribution in [3.63, 3.8) is 0 Å². The van der Waals surface area contributed by atoms with Crippen LogP contribution in [0.25, 0.3) is 0 Å². The Morgan fingerprint density at radius 2 is 1.67 bits per heavy atom. The molecule has 0 aromatic heterocycles. The largest absolute Gasteiger partial charge is 0.492 e. The number of nitrogens with zero attached hydrogens (tertiary/aromatic N) is 1. The number of hydrogen-bond acceptors (Lipinski definition) is 5. The van der Waals surface area contributed by atoms with Crippen molar-refractivity contribution < 1.29 is 20.1 Å². The minimum Gasteiger partial charge on any atom is -0.492 e. The van der Waals surface area contributed by atoms with E-state index >= 15 is 0 Å². The van der Waals surface area contributed by atoms with Gasteiger partial charge in [-0.2, -0.15) is 0 Å². The molecule has 0 aliphatic carbocycles. The molecule has 0 aromatic carbocycles. The van der Waals surface area contributed by atoms with Crippen LogP contribution in [0.1, 0.15) is 67.2 Å². The zero-order valence-corrected chi connectivity index (χ0v) is 18.5. The Morgan fingerprint density at radius 1 is 1.11 bits per heavy atom. The van der Waals surface area contributed by atoms with E-state index in [9.17, 15) is 15.3 Å². The van der Waals surface area contributed by atoms with Crippen molar-refractivity contribution in [2.75, 3.05) is 13.6 Å². The molecule has 1 saturated heterocycles. The van der Waals surface area contributed by atoms with Crippen molar-refractivity contribution >= 4 is 0 Å². The predicted molar refractivity (Wildman–Crippen MR) is 110 cm³/mol. The molecular formula is C22H43NO4. The van der Waals surface area contributed by atoms with Gasteiger partial charge in [-0.05, 0) is 58.4 Å². The summed E-state index contributed by atoms with van der Waals surface area (Å²) in [5, 5.41) is 32.5. The molecular weight excluding hydrogens is 342 g/mol. The average molecular weight is 386 g/mol. The first-order valence-corrected chi connectivity index (χ1v) is 10.5. The lowest BCUT2D eigenvalue weighted by atomic mass is 9.86. The summed E-state index contributed by atoms with van der Waals surface area (Å²) in [5.41, 5.74) is -1.39. The number of likely N-dealkylation sites (N-methyl/N-ethyl adjacent to an activating group) is 1. The van der Waals surface area contributed by atoms with Gasteiger partial charge < -0.3 is 25.0 Å². The molecule has 3 N–H and O–H groups in total. The van der Waals surface area contributed by atoms with E-state index in [2.05, 4.69) is 32.3 Å². The molecule has 1 heterocycles. The van der Waals surface area contributed by atoms with E-state index in [1.165, 1.54) is 0 Å². The van der Waals surface area contributed by atoms with E-state index in [0.717, 1.165) is 25.8 Å². The summed E-state index contributed by atoms with van der Waals surface area (Å²) in [4.78, 5) is 2.06. The number of ether oxygens (including phenoxy) is 1. The molecule has 0 bridgehead atoms. The molecule has 1 aliphatic heterocycles. The van der Waals surface area contributed by atoms with Crippen LogP contribution < -0.4 is 0 Å². The number of rotatable bonds is 1. The Kier molecular flexibility index (Phi) is 9.26. The summed E-state index contributed by atoms with van der Waals surface area (Å²) in [5.74, 6) is 1.42. The van der Waals surface area contributed by atoms with E-state index in [-0.39, 0.29) is 18.1 Å². The highest BCUT2D eigenvalue weighted by atomic mass is 16.5. The molecule has 0 spiro atoms. The number of aliphatic hydroxyl groups is 3. The molecule has 5 nitrogen and oxygen atoms in total. The fourth-order valence-electron chi connectivity index (χ4n) is 4.42. The third-order valence-corrected chi connectivity index (χ3v) is 6.32. The Hall–Kier alpha value is -0.620. The first-order chi connectivity index (χ1) is 12.4. The Bertz CT molecular complexity index is 467. The first kappa shape index (κ1) is 24.4. The highest BCUT2D eigenvalue weighted by Crippen LogP contribution is 2.31. The second kappa shape index (κ2) is 10.2. The maximum Gasteiger partial charge on any atom is 0.129 e. The zero-order valence-electron chi connectivity index (χ0n) is 18.5. The van der Waals surface area contributed by atoms with Crippen LogP contribution in [0.3, 0.4) is 0 Å². The SMILES string of the molecule is C=C1O[C@H](CC)[C@@](C)(O)[C@H](O)[C@@H](C)N(C)C[C@H](C)C[C@@H](O)C[C@@H](C)C[C@H]1C. The fraction of sp³-hybridized carbons (Fsp3) is 0.909. The first-order valence-electron chi connectivity index (χ1n) is 10.5. The molecule has 0 saturated carbocycles. The minimum atomic E-state index is -1.39. The van der Waals surface area contributed by atoms with Crippen LogP contribution in [0.5, 0.6) is 0 Å². The molecule has 1 rings (SSSR count). The molecule has 0 amide bonds. The third kappa shape index (κ3) is 6.74. The zero-order chi connectivity index (χ0) is 20.9. The normalized spacial score (nSPS) is 44.2. The van der Waals surface area contributed by atoms with E-state index in [4.69, 9.17) is 4.74 Å². The van der Waals surface area contributed by atoms with Crippen LogP contribution >= 0.6 is 0 Å². The van der Waals surface area contributed by atoms with Gasteiger partial charge in [-0.25, -0.2) is 0 Å². The van der Waals surface area contributed by atoms with Crippen molar-refractivity contribution in [3.8, 4) is 0 Å². The highest BCUT2D eigenvalue weighted by Gasteiger charge is 2.44. The molecule has 8 atom stereocenters. The molecule has 1 fully saturated rings. The minimum absolute atomic E-state index is 0.122. The molecule has 5 heteroatoms. The van der Waals surface area contributed by atoms with Gasteiger partial charge in [-0.3, -0.25) is 0 Å².